The molecule has 1 nitrogen and oxygen atoms in total. The van der Waals surface area contributed by atoms with Crippen molar-refractivity contribution in [3.63, 3.8) is 0 Å². The maximum Gasteiger partial charge on any atom is 0.107 e. The second kappa shape index (κ2) is 5.67. The Labute approximate surface area is 134 Å². The molecule has 0 saturated heterocycles. The molecule has 1 aromatic rings. The smallest absolute Gasteiger partial charge is 0.107 e. The van der Waals surface area contributed by atoms with Crippen LogP contribution in [0.25, 0.3) is 0 Å². The van der Waals surface area contributed by atoms with Gasteiger partial charge in [-0.1, -0.05) is 39.3 Å². The van der Waals surface area contributed by atoms with E-state index in [2.05, 4.69) is 55.0 Å². The molecule has 2 rings (SSSR count). The normalized spacial score (nSPS) is 22.6. The van der Waals surface area contributed by atoms with Gasteiger partial charge in [-0.2, -0.15) is 0 Å². The van der Waals surface area contributed by atoms with Crippen LogP contribution in [-0.2, 0) is 6.54 Å². The highest BCUT2D eigenvalue weighted by Crippen LogP contribution is 2.45. The van der Waals surface area contributed by atoms with Gasteiger partial charge in [0, 0.05) is 21.9 Å². The van der Waals surface area contributed by atoms with Crippen LogP contribution < -0.4 is 5.32 Å². The lowest BCUT2D eigenvalue weighted by molar-refractivity contribution is 0.0846. The molecular weight excluding hydrogens is 342 g/mol. The summed E-state index contributed by atoms with van der Waals surface area (Å²) in [6, 6.07) is 2.73. The second-order valence-electron chi connectivity index (χ2n) is 7.33. The summed E-state index contributed by atoms with van der Waals surface area (Å²) in [5.41, 5.74) is 0.875. The third kappa shape index (κ3) is 4.45. The standard InChI is InChI=1S/C15H23BrClNS/c1-14(2)6-10(7-15(3,4)9-14)18-8-11-5-12(16)13(17)19-11/h5,10,18H,6-9H2,1-4H3. The van der Waals surface area contributed by atoms with Crippen LogP contribution in [0.2, 0.25) is 4.34 Å². The highest BCUT2D eigenvalue weighted by molar-refractivity contribution is 9.10. The average Bonchev–Trinajstić information content (AvgIpc) is 2.51. The number of nitrogens with one attached hydrogen (secondary N) is 1. The molecule has 1 N–H and O–H groups in total. The molecule has 0 radical (unpaired) electrons. The molecule has 1 heterocycles. The van der Waals surface area contributed by atoms with Crippen LogP contribution >= 0.6 is 38.9 Å². The minimum absolute atomic E-state index is 0.438. The molecule has 0 unspecified atom stereocenters. The van der Waals surface area contributed by atoms with Crippen molar-refractivity contribution in [2.24, 2.45) is 10.8 Å². The van der Waals surface area contributed by atoms with Gasteiger partial charge < -0.3 is 5.32 Å². The highest BCUT2D eigenvalue weighted by Gasteiger charge is 2.38. The molecular formula is C15H23BrClNS. The monoisotopic (exact) mass is 363 g/mol. The van der Waals surface area contributed by atoms with E-state index in [0.717, 1.165) is 15.4 Å². The summed E-state index contributed by atoms with van der Waals surface area (Å²) in [6.07, 6.45) is 3.84. The molecule has 1 aromatic heterocycles. The zero-order chi connectivity index (χ0) is 14.3. The summed E-state index contributed by atoms with van der Waals surface area (Å²) in [4.78, 5) is 1.30. The van der Waals surface area contributed by atoms with Gasteiger partial charge in [0.15, 0.2) is 0 Å². The molecule has 0 bridgehead atoms. The Hall–Kier alpha value is 0.430. The lowest BCUT2D eigenvalue weighted by Crippen LogP contribution is -2.43. The van der Waals surface area contributed by atoms with E-state index in [-0.39, 0.29) is 0 Å². The van der Waals surface area contributed by atoms with E-state index in [9.17, 15) is 0 Å². The molecule has 1 fully saturated rings. The van der Waals surface area contributed by atoms with Crippen molar-refractivity contribution < 1.29 is 0 Å². The Balaban J connectivity index is 1.95. The minimum Gasteiger partial charge on any atom is -0.309 e. The third-order valence-corrected chi connectivity index (χ3v) is 6.29. The van der Waals surface area contributed by atoms with Gasteiger partial charge in [-0.15, -0.1) is 11.3 Å². The summed E-state index contributed by atoms with van der Waals surface area (Å²) in [5, 5.41) is 3.72. The molecule has 0 atom stereocenters. The number of halogens is 2. The summed E-state index contributed by atoms with van der Waals surface area (Å²) in [7, 11) is 0. The van der Waals surface area contributed by atoms with Crippen molar-refractivity contribution in [2.45, 2.75) is 59.5 Å². The molecule has 1 saturated carbocycles. The maximum atomic E-state index is 6.09. The summed E-state index contributed by atoms with van der Waals surface area (Å²) < 4.78 is 1.86. The summed E-state index contributed by atoms with van der Waals surface area (Å²) >= 11 is 11.2. The third-order valence-electron chi connectivity index (χ3n) is 3.82. The van der Waals surface area contributed by atoms with Crippen molar-refractivity contribution in [1.82, 2.24) is 5.32 Å². The predicted molar refractivity (Wildman–Crippen MR) is 89.1 cm³/mol. The molecule has 19 heavy (non-hydrogen) atoms. The van der Waals surface area contributed by atoms with Crippen LogP contribution in [0.15, 0.2) is 10.5 Å². The second-order valence-corrected chi connectivity index (χ2v) is 9.92. The molecule has 4 heteroatoms. The number of hydrogen-bond acceptors (Lipinski definition) is 2. The SMILES string of the molecule is CC1(C)CC(NCc2cc(Br)c(Cl)s2)CC(C)(C)C1. The molecule has 0 amide bonds. The fourth-order valence-corrected chi connectivity index (χ4v) is 5.46. The van der Waals surface area contributed by atoms with Gasteiger partial charge in [0.1, 0.15) is 4.34 Å². The first-order chi connectivity index (χ1) is 8.67. The van der Waals surface area contributed by atoms with Crippen molar-refractivity contribution in [3.8, 4) is 0 Å². The van der Waals surface area contributed by atoms with Crippen LogP contribution in [0.1, 0.15) is 51.8 Å². The van der Waals surface area contributed by atoms with E-state index >= 15 is 0 Å². The molecule has 0 aromatic carbocycles. The first kappa shape index (κ1) is 15.8. The van der Waals surface area contributed by atoms with Crippen molar-refractivity contribution >= 4 is 38.9 Å². The van der Waals surface area contributed by atoms with Gasteiger partial charge in [-0.05, 0) is 52.1 Å². The Bertz CT molecular complexity index is 417. The van der Waals surface area contributed by atoms with Crippen molar-refractivity contribution in [2.75, 3.05) is 0 Å². The lowest BCUT2D eigenvalue weighted by atomic mass is 9.63. The summed E-state index contributed by atoms with van der Waals surface area (Å²) in [5.74, 6) is 0. The van der Waals surface area contributed by atoms with Crippen LogP contribution in [-0.4, -0.2) is 6.04 Å². The van der Waals surface area contributed by atoms with Crippen LogP contribution in [0.5, 0.6) is 0 Å². The first-order valence-corrected chi connectivity index (χ1v) is 8.83. The van der Waals surface area contributed by atoms with E-state index < -0.39 is 0 Å². The van der Waals surface area contributed by atoms with Crippen molar-refractivity contribution in [1.29, 1.82) is 0 Å². The van der Waals surface area contributed by atoms with Gasteiger partial charge in [0.25, 0.3) is 0 Å². The molecule has 1 aliphatic rings. The van der Waals surface area contributed by atoms with Gasteiger partial charge in [0.05, 0.1) is 0 Å². The van der Waals surface area contributed by atoms with Crippen LogP contribution in [0.4, 0.5) is 0 Å². The van der Waals surface area contributed by atoms with Gasteiger partial charge in [-0.25, -0.2) is 0 Å². The summed E-state index contributed by atoms with van der Waals surface area (Å²) in [6.45, 7) is 10.5. The Morgan fingerprint density at radius 2 is 1.89 bits per heavy atom. The Morgan fingerprint density at radius 3 is 2.37 bits per heavy atom. The van der Waals surface area contributed by atoms with E-state index in [1.165, 1.54) is 24.1 Å². The fourth-order valence-electron chi connectivity index (χ4n) is 3.71. The van der Waals surface area contributed by atoms with Gasteiger partial charge >= 0.3 is 0 Å². The zero-order valence-electron chi connectivity index (χ0n) is 12.1. The van der Waals surface area contributed by atoms with Crippen LogP contribution in [0, 0.1) is 10.8 Å². The predicted octanol–water partition coefficient (Wildman–Crippen LogP) is 5.86. The number of thiophene rings is 1. The maximum absolute atomic E-state index is 6.09. The largest absolute Gasteiger partial charge is 0.309 e. The number of rotatable bonds is 3. The Morgan fingerprint density at radius 1 is 1.32 bits per heavy atom. The molecule has 0 spiro atoms. The molecule has 0 aliphatic heterocycles. The molecule has 1 aliphatic carbocycles. The minimum atomic E-state index is 0.438. The highest BCUT2D eigenvalue weighted by atomic mass is 79.9. The van der Waals surface area contributed by atoms with E-state index in [4.69, 9.17) is 11.6 Å². The van der Waals surface area contributed by atoms with E-state index in [0.29, 0.717) is 16.9 Å². The van der Waals surface area contributed by atoms with E-state index in [1.807, 2.05) is 0 Å². The van der Waals surface area contributed by atoms with Crippen LogP contribution in [0.3, 0.4) is 0 Å². The molecule has 108 valence electrons. The van der Waals surface area contributed by atoms with E-state index in [1.54, 1.807) is 11.3 Å². The average molecular weight is 365 g/mol. The first-order valence-electron chi connectivity index (χ1n) is 6.84. The van der Waals surface area contributed by atoms with Crippen molar-refractivity contribution in [3.05, 3.63) is 19.8 Å². The Kier molecular flexibility index (Phi) is 4.72. The lowest BCUT2D eigenvalue weighted by Gasteiger charge is -2.45. The quantitative estimate of drug-likeness (QED) is 0.708. The topological polar surface area (TPSA) is 12.0 Å². The van der Waals surface area contributed by atoms with Gasteiger partial charge in [0.2, 0.25) is 0 Å². The fraction of sp³-hybridized carbons (Fsp3) is 0.733. The zero-order valence-corrected chi connectivity index (χ0v) is 15.3. The van der Waals surface area contributed by atoms with Gasteiger partial charge in [-0.3, -0.25) is 0 Å². The number of hydrogen-bond donors (Lipinski definition) is 1.